The van der Waals surface area contributed by atoms with E-state index in [9.17, 15) is 14.4 Å². The van der Waals surface area contributed by atoms with Crippen molar-refractivity contribution in [2.75, 3.05) is 5.32 Å². The molecule has 48 heavy (non-hydrogen) atoms. The topological polar surface area (TPSA) is 115 Å². The Morgan fingerprint density at radius 1 is 0.771 bits per heavy atom. The largest absolute Gasteiger partial charge is 0.444 e. The van der Waals surface area contributed by atoms with Gasteiger partial charge in [0.25, 0.3) is 11.8 Å². The quantitative estimate of drug-likeness (QED) is 0.201. The minimum absolute atomic E-state index is 0.0861. The van der Waals surface area contributed by atoms with E-state index in [2.05, 4.69) is 10.4 Å². The van der Waals surface area contributed by atoms with Gasteiger partial charge in [-0.05, 0) is 57.6 Å². The van der Waals surface area contributed by atoms with Crippen LogP contribution in [0.25, 0.3) is 0 Å². The van der Waals surface area contributed by atoms with Crippen molar-refractivity contribution >= 4 is 23.7 Å². The number of ether oxygens (including phenoxy) is 1. The van der Waals surface area contributed by atoms with Crippen molar-refractivity contribution in [3.05, 3.63) is 83.6 Å². The standard InChI is InChI=1S/C37H49N5O6/c1-37(2,3)48-36(45)38-33-24-32(35(44)42(31-22-14-7-15-23-31)47-27-29-18-10-5-11-19-29)40(39-33)25-34(43)41(30-20-12-6-13-21-30)46-26-28-16-8-4-9-17-28/h4-5,8-11,16-19,24,30-31H,6-7,12-15,20-23,25-27H2,1-3H3,(H,38,39,45). The zero-order valence-corrected chi connectivity index (χ0v) is 28.4. The van der Waals surface area contributed by atoms with Gasteiger partial charge in [-0.25, -0.2) is 19.6 Å². The van der Waals surface area contributed by atoms with E-state index < -0.39 is 17.6 Å². The predicted octanol–water partition coefficient (Wildman–Crippen LogP) is 7.43. The van der Waals surface area contributed by atoms with Crippen molar-refractivity contribution in [2.24, 2.45) is 0 Å². The number of rotatable bonds is 12. The molecule has 2 aromatic carbocycles. The SMILES string of the molecule is CC(C)(C)OC(=O)Nc1cc(C(=O)N(OCc2ccccc2)C2CCCCC2)n(CC(=O)N(OCc2ccccc2)C2CCCCC2)n1. The van der Waals surface area contributed by atoms with Crippen molar-refractivity contribution in [3.8, 4) is 0 Å². The van der Waals surface area contributed by atoms with Crippen LogP contribution in [0.5, 0.6) is 0 Å². The first kappa shape index (κ1) is 35.1. The smallest absolute Gasteiger partial charge is 0.413 e. The molecule has 3 amide bonds. The number of benzene rings is 2. The highest BCUT2D eigenvalue weighted by molar-refractivity contribution is 5.94. The second-order valence-corrected chi connectivity index (χ2v) is 13.7. The van der Waals surface area contributed by atoms with Crippen LogP contribution in [0.4, 0.5) is 10.6 Å². The Morgan fingerprint density at radius 2 is 1.27 bits per heavy atom. The highest BCUT2D eigenvalue weighted by Gasteiger charge is 2.33. The van der Waals surface area contributed by atoms with Crippen LogP contribution in [0.3, 0.4) is 0 Å². The van der Waals surface area contributed by atoms with Gasteiger partial charge < -0.3 is 4.74 Å². The van der Waals surface area contributed by atoms with Crippen LogP contribution < -0.4 is 5.32 Å². The van der Waals surface area contributed by atoms with Crippen LogP contribution in [0.1, 0.15) is 107 Å². The third-order valence-electron chi connectivity index (χ3n) is 8.60. The number of carbonyl (C=O) groups excluding carboxylic acids is 3. The maximum absolute atomic E-state index is 14.4. The minimum atomic E-state index is -0.735. The molecule has 0 bridgehead atoms. The summed E-state index contributed by atoms with van der Waals surface area (Å²) in [6.07, 6.45) is 8.78. The van der Waals surface area contributed by atoms with E-state index >= 15 is 0 Å². The van der Waals surface area contributed by atoms with Gasteiger partial charge in [-0.2, -0.15) is 5.10 Å². The number of amides is 3. The van der Waals surface area contributed by atoms with E-state index in [1.54, 1.807) is 20.8 Å². The third-order valence-corrected chi connectivity index (χ3v) is 8.60. The average Bonchev–Trinajstić information content (AvgIpc) is 3.47. The summed E-state index contributed by atoms with van der Waals surface area (Å²) in [4.78, 5) is 53.6. The summed E-state index contributed by atoms with van der Waals surface area (Å²) in [6, 6.07) is 20.7. The lowest BCUT2D eigenvalue weighted by Crippen LogP contribution is -2.44. The predicted molar refractivity (Wildman–Crippen MR) is 181 cm³/mol. The van der Waals surface area contributed by atoms with Gasteiger partial charge in [0.15, 0.2) is 5.82 Å². The molecule has 2 aliphatic carbocycles. The first-order valence-electron chi connectivity index (χ1n) is 17.2. The molecule has 3 aromatic rings. The van der Waals surface area contributed by atoms with Gasteiger partial charge in [0, 0.05) is 6.07 Å². The first-order valence-corrected chi connectivity index (χ1v) is 17.2. The fraction of sp³-hybridized carbons (Fsp3) is 0.514. The molecular weight excluding hydrogens is 610 g/mol. The van der Waals surface area contributed by atoms with E-state index in [1.807, 2.05) is 60.7 Å². The number of anilines is 1. The summed E-state index contributed by atoms with van der Waals surface area (Å²) in [7, 11) is 0. The molecule has 0 saturated heterocycles. The second kappa shape index (κ2) is 16.7. The fourth-order valence-corrected chi connectivity index (χ4v) is 6.27. The maximum Gasteiger partial charge on any atom is 0.413 e. The maximum atomic E-state index is 14.4. The number of aromatic nitrogens is 2. The Hall–Kier alpha value is -4.22. The molecule has 1 heterocycles. The Kier molecular flexibility index (Phi) is 12.2. The summed E-state index contributed by atoms with van der Waals surface area (Å²) in [6.45, 7) is 5.48. The van der Waals surface area contributed by atoms with Crippen LogP contribution in [-0.4, -0.2) is 55.5 Å². The molecule has 11 heteroatoms. The first-order chi connectivity index (χ1) is 23.2. The van der Waals surface area contributed by atoms with Gasteiger partial charge in [-0.15, -0.1) is 0 Å². The van der Waals surface area contributed by atoms with Gasteiger partial charge in [-0.3, -0.25) is 24.6 Å². The number of nitrogens with one attached hydrogen (secondary N) is 1. The number of hydrogen-bond donors (Lipinski definition) is 1. The van der Waals surface area contributed by atoms with Gasteiger partial charge in [0.05, 0.1) is 12.1 Å². The summed E-state index contributed by atoms with van der Waals surface area (Å²) in [5.41, 5.74) is 1.27. The van der Waals surface area contributed by atoms with Crippen molar-refractivity contribution in [3.63, 3.8) is 0 Å². The molecule has 2 aliphatic rings. The highest BCUT2D eigenvalue weighted by atomic mass is 16.7. The number of hydroxylamine groups is 4. The molecule has 0 atom stereocenters. The average molecular weight is 660 g/mol. The Labute approximate surface area is 283 Å². The second-order valence-electron chi connectivity index (χ2n) is 13.7. The van der Waals surface area contributed by atoms with E-state index in [1.165, 1.54) is 20.9 Å². The zero-order chi connectivity index (χ0) is 33.9. The lowest BCUT2D eigenvalue weighted by molar-refractivity contribution is -0.210. The molecule has 0 unspecified atom stereocenters. The van der Waals surface area contributed by atoms with Crippen molar-refractivity contribution < 1.29 is 28.8 Å². The van der Waals surface area contributed by atoms with E-state index in [-0.39, 0.29) is 49.3 Å². The molecule has 258 valence electrons. The van der Waals surface area contributed by atoms with Crippen molar-refractivity contribution in [1.82, 2.24) is 19.9 Å². The van der Waals surface area contributed by atoms with Crippen LogP contribution >= 0.6 is 0 Å². The van der Waals surface area contributed by atoms with Crippen LogP contribution in [-0.2, 0) is 39.0 Å². The molecule has 1 N–H and O–H groups in total. The lowest BCUT2D eigenvalue weighted by Gasteiger charge is -2.34. The molecule has 0 aliphatic heterocycles. The van der Waals surface area contributed by atoms with Crippen LogP contribution in [0.15, 0.2) is 66.7 Å². The zero-order valence-electron chi connectivity index (χ0n) is 28.4. The summed E-state index contributed by atoms with van der Waals surface area (Å²) in [5, 5.41) is 10.1. The van der Waals surface area contributed by atoms with Crippen molar-refractivity contribution in [1.29, 1.82) is 0 Å². The lowest BCUT2D eigenvalue weighted by atomic mass is 9.95. The monoisotopic (exact) mass is 659 g/mol. The van der Waals surface area contributed by atoms with E-state index in [0.29, 0.717) is 0 Å². The minimum Gasteiger partial charge on any atom is -0.444 e. The Bertz CT molecular complexity index is 1480. The Balaban J connectivity index is 1.43. The number of hydrogen-bond acceptors (Lipinski definition) is 7. The van der Waals surface area contributed by atoms with Crippen molar-refractivity contribution in [2.45, 2.75) is 122 Å². The molecule has 0 spiro atoms. The molecular formula is C37H49N5O6. The van der Waals surface area contributed by atoms with Gasteiger partial charge >= 0.3 is 6.09 Å². The summed E-state index contributed by atoms with van der Waals surface area (Å²) < 4.78 is 6.79. The van der Waals surface area contributed by atoms with E-state index in [0.717, 1.165) is 75.3 Å². The fourth-order valence-electron chi connectivity index (χ4n) is 6.27. The Morgan fingerprint density at radius 3 is 1.79 bits per heavy atom. The summed E-state index contributed by atoms with van der Waals surface area (Å²) in [5.74, 6) is -0.653. The normalized spacial score (nSPS) is 15.9. The van der Waals surface area contributed by atoms with Crippen LogP contribution in [0, 0.1) is 0 Å². The van der Waals surface area contributed by atoms with Gasteiger partial charge in [0.1, 0.15) is 31.1 Å². The van der Waals surface area contributed by atoms with Gasteiger partial charge in [0.2, 0.25) is 0 Å². The highest BCUT2D eigenvalue weighted by Crippen LogP contribution is 2.27. The molecule has 0 radical (unpaired) electrons. The summed E-state index contributed by atoms with van der Waals surface area (Å²) >= 11 is 0. The van der Waals surface area contributed by atoms with E-state index in [4.69, 9.17) is 14.4 Å². The number of nitrogens with zero attached hydrogens (tertiary/aromatic N) is 4. The molecule has 11 nitrogen and oxygen atoms in total. The molecule has 2 fully saturated rings. The van der Waals surface area contributed by atoms with Crippen LogP contribution in [0.2, 0.25) is 0 Å². The third kappa shape index (κ3) is 10.1. The molecule has 1 aromatic heterocycles. The molecule has 5 rings (SSSR count). The number of carbonyl (C=O) groups is 3. The van der Waals surface area contributed by atoms with Gasteiger partial charge in [-0.1, -0.05) is 99.2 Å². The molecule has 2 saturated carbocycles.